The normalized spacial score (nSPS) is 21.3. The van der Waals surface area contributed by atoms with E-state index in [0.717, 1.165) is 4.70 Å². The Balaban J connectivity index is 1.63. The van der Waals surface area contributed by atoms with Gasteiger partial charge in [0.15, 0.2) is 11.6 Å². The molecule has 0 bridgehead atoms. The molecule has 5 rings (SSSR count). The molecule has 0 radical (unpaired) electrons. The van der Waals surface area contributed by atoms with Gasteiger partial charge in [-0.3, -0.25) is 4.79 Å². The van der Waals surface area contributed by atoms with Crippen molar-refractivity contribution >= 4 is 33.1 Å². The zero-order valence-electron chi connectivity index (χ0n) is 15.3. The quantitative estimate of drug-likeness (QED) is 0.611. The number of nitrogens with two attached hydrogens (primary N) is 1. The van der Waals surface area contributed by atoms with Gasteiger partial charge in [-0.05, 0) is 36.1 Å². The third-order valence-corrected chi connectivity index (χ3v) is 6.44. The Morgan fingerprint density at radius 1 is 1.31 bits per heavy atom. The van der Waals surface area contributed by atoms with Crippen LogP contribution in [0.4, 0.5) is 14.6 Å². The smallest absolute Gasteiger partial charge is 0.254 e. The van der Waals surface area contributed by atoms with Crippen LogP contribution in [-0.4, -0.2) is 36.2 Å². The van der Waals surface area contributed by atoms with E-state index in [-0.39, 0.29) is 47.3 Å². The number of nitrogens with one attached hydrogen (secondary N) is 2. The minimum absolute atomic E-state index is 0.0706. The highest BCUT2D eigenvalue weighted by atomic mass is 32.1. The van der Waals surface area contributed by atoms with Crippen molar-refractivity contribution in [3.63, 3.8) is 0 Å². The summed E-state index contributed by atoms with van der Waals surface area (Å²) in [5.41, 5.74) is 7.00. The van der Waals surface area contributed by atoms with Gasteiger partial charge < -0.3 is 21.1 Å². The van der Waals surface area contributed by atoms with Gasteiger partial charge in [0, 0.05) is 35.5 Å². The number of nitrogens with zero attached hydrogens (tertiary/aromatic N) is 1. The average molecular weight is 416 g/mol. The molecule has 2 aromatic heterocycles. The molecular weight excluding hydrogens is 398 g/mol. The van der Waals surface area contributed by atoms with Gasteiger partial charge >= 0.3 is 0 Å². The molecule has 0 unspecified atom stereocenters. The van der Waals surface area contributed by atoms with Crippen molar-refractivity contribution in [2.24, 2.45) is 5.73 Å². The van der Waals surface area contributed by atoms with Gasteiger partial charge in [-0.1, -0.05) is 0 Å². The van der Waals surface area contributed by atoms with Gasteiger partial charge in [0.2, 0.25) is 0 Å². The SMILES string of the molecule is N[C@H]1COCC[C@H]1Nc1nc(-c2cc3cc(F)ccc3s2)c2c(c1F)CNC2=O. The lowest BCUT2D eigenvalue weighted by atomic mass is 10.0. The Morgan fingerprint density at radius 3 is 3.00 bits per heavy atom. The van der Waals surface area contributed by atoms with Crippen LogP contribution in [0, 0.1) is 11.6 Å². The molecule has 9 heteroatoms. The lowest BCUT2D eigenvalue weighted by Gasteiger charge is -2.30. The number of pyridine rings is 1. The van der Waals surface area contributed by atoms with Crippen molar-refractivity contribution in [3.05, 3.63) is 47.0 Å². The van der Waals surface area contributed by atoms with Crippen LogP contribution in [-0.2, 0) is 11.3 Å². The van der Waals surface area contributed by atoms with Gasteiger partial charge in [0.1, 0.15) is 5.82 Å². The second-order valence-corrected chi connectivity index (χ2v) is 8.31. The Labute approximate surface area is 169 Å². The molecule has 4 heterocycles. The molecule has 0 aliphatic carbocycles. The maximum Gasteiger partial charge on any atom is 0.254 e. The van der Waals surface area contributed by atoms with Crippen molar-refractivity contribution in [3.8, 4) is 10.6 Å². The number of benzene rings is 1. The van der Waals surface area contributed by atoms with Gasteiger partial charge in [-0.25, -0.2) is 13.8 Å². The molecule has 3 aromatic rings. The fourth-order valence-electron chi connectivity index (χ4n) is 3.80. The van der Waals surface area contributed by atoms with Crippen LogP contribution in [0.15, 0.2) is 24.3 Å². The number of thiophene rings is 1. The molecule has 2 aliphatic heterocycles. The summed E-state index contributed by atoms with van der Waals surface area (Å²) >= 11 is 1.38. The van der Waals surface area contributed by atoms with E-state index in [1.807, 2.05) is 0 Å². The summed E-state index contributed by atoms with van der Waals surface area (Å²) in [5.74, 6) is -1.18. The number of rotatable bonds is 3. The number of hydrogen-bond acceptors (Lipinski definition) is 6. The topological polar surface area (TPSA) is 89.3 Å². The number of anilines is 1. The number of carbonyl (C=O) groups is 1. The van der Waals surface area contributed by atoms with E-state index in [1.165, 1.54) is 23.5 Å². The number of ether oxygens (including phenoxy) is 1. The van der Waals surface area contributed by atoms with E-state index in [4.69, 9.17) is 10.5 Å². The second kappa shape index (κ2) is 7.01. The summed E-state index contributed by atoms with van der Waals surface area (Å²) in [7, 11) is 0. The van der Waals surface area contributed by atoms with Gasteiger partial charge in [-0.2, -0.15) is 0 Å². The lowest BCUT2D eigenvalue weighted by molar-refractivity contribution is 0.0751. The largest absolute Gasteiger partial charge is 0.380 e. The van der Waals surface area contributed by atoms with Gasteiger partial charge in [0.25, 0.3) is 5.91 Å². The molecule has 1 amide bonds. The fourth-order valence-corrected chi connectivity index (χ4v) is 4.84. The van der Waals surface area contributed by atoms with Gasteiger partial charge in [0.05, 0.1) is 22.7 Å². The summed E-state index contributed by atoms with van der Waals surface area (Å²) in [4.78, 5) is 17.6. The number of carbonyl (C=O) groups excluding carboxylic acids is 1. The summed E-state index contributed by atoms with van der Waals surface area (Å²) in [5, 5.41) is 6.49. The minimum atomic E-state index is -0.548. The molecular formula is C20H18F2N4O2S. The molecule has 1 saturated heterocycles. The predicted molar refractivity (Wildman–Crippen MR) is 107 cm³/mol. The maximum absolute atomic E-state index is 15.1. The van der Waals surface area contributed by atoms with Crippen molar-refractivity contribution in [2.75, 3.05) is 18.5 Å². The second-order valence-electron chi connectivity index (χ2n) is 7.23. The molecule has 29 heavy (non-hydrogen) atoms. The van der Waals surface area contributed by atoms with Gasteiger partial charge in [-0.15, -0.1) is 11.3 Å². The zero-order chi connectivity index (χ0) is 20.1. The summed E-state index contributed by atoms with van der Waals surface area (Å²) < 4.78 is 34.9. The standard InChI is InChI=1S/C20H18F2N4O2S/c21-10-1-2-14-9(5-10)6-15(29-14)18-16-11(7-24-20(16)27)17(22)19(26-18)25-13-3-4-28-8-12(13)23/h1-2,5-6,12-13H,3-4,7-8,23H2,(H,24,27)(H,25,26)/t12-,13+/m0/s1. The van der Waals surface area contributed by atoms with E-state index in [9.17, 15) is 9.18 Å². The van der Waals surface area contributed by atoms with Crippen molar-refractivity contribution in [1.29, 1.82) is 0 Å². The van der Waals surface area contributed by atoms with Crippen LogP contribution >= 0.6 is 11.3 Å². The van der Waals surface area contributed by atoms with Crippen LogP contribution in [0.25, 0.3) is 20.7 Å². The monoisotopic (exact) mass is 416 g/mol. The first-order valence-corrected chi connectivity index (χ1v) is 10.1. The number of hydrogen-bond donors (Lipinski definition) is 3. The summed E-state index contributed by atoms with van der Waals surface area (Å²) in [6.45, 7) is 1.02. The predicted octanol–water partition coefficient (Wildman–Crippen LogP) is 3.01. The maximum atomic E-state index is 15.1. The molecule has 0 spiro atoms. The Morgan fingerprint density at radius 2 is 2.17 bits per heavy atom. The first kappa shape index (κ1) is 18.4. The van der Waals surface area contributed by atoms with E-state index >= 15 is 4.39 Å². The first-order chi connectivity index (χ1) is 14.0. The van der Waals surface area contributed by atoms with Crippen molar-refractivity contribution in [1.82, 2.24) is 10.3 Å². The van der Waals surface area contributed by atoms with E-state index in [1.54, 1.807) is 12.1 Å². The molecule has 4 N–H and O–H groups in total. The summed E-state index contributed by atoms with van der Waals surface area (Å²) in [6, 6.07) is 5.81. The minimum Gasteiger partial charge on any atom is -0.380 e. The number of aromatic nitrogens is 1. The van der Waals surface area contributed by atoms with E-state index in [2.05, 4.69) is 15.6 Å². The molecule has 1 fully saturated rings. The lowest BCUT2D eigenvalue weighted by Crippen LogP contribution is -2.48. The Kier molecular flexibility index (Phi) is 4.45. The van der Waals surface area contributed by atoms with Crippen LogP contribution in [0.2, 0.25) is 0 Å². The number of amides is 1. The molecule has 1 aromatic carbocycles. The van der Waals surface area contributed by atoms with Crippen LogP contribution in [0.3, 0.4) is 0 Å². The molecule has 6 nitrogen and oxygen atoms in total. The van der Waals surface area contributed by atoms with E-state index < -0.39 is 5.82 Å². The summed E-state index contributed by atoms with van der Waals surface area (Å²) in [6.07, 6.45) is 0.633. The number of halogens is 2. The third-order valence-electron chi connectivity index (χ3n) is 5.32. The van der Waals surface area contributed by atoms with Crippen molar-refractivity contribution in [2.45, 2.75) is 25.0 Å². The van der Waals surface area contributed by atoms with Crippen LogP contribution < -0.4 is 16.4 Å². The highest BCUT2D eigenvalue weighted by Gasteiger charge is 2.32. The fraction of sp³-hybridized carbons (Fsp3) is 0.300. The highest BCUT2D eigenvalue weighted by Crippen LogP contribution is 2.39. The zero-order valence-corrected chi connectivity index (χ0v) is 16.1. The molecule has 2 aliphatic rings. The average Bonchev–Trinajstić information content (AvgIpc) is 3.29. The number of fused-ring (bicyclic) bond motifs is 2. The first-order valence-electron chi connectivity index (χ1n) is 9.31. The Hall–Kier alpha value is -2.62. The van der Waals surface area contributed by atoms with E-state index in [0.29, 0.717) is 35.6 Å². The molecule has 0 saturated carbocycles. The highest BCUT2D eigenvalue weighted by molar-refractivity contribution is 7.22. The van der Waals surface area contributed by atoms with Crippen LogP contribution in [0.5, 0.6) is 0 Å². The molecule has 2 atom stereocenters. The molecule has 150 valence electrons. The Bertz CT molecular complexity index is 1130. The third kappa shape index (κ3) is 3.15. The van der Waals surface area contributed by atoms with Crippen LogP contribution in [0.1, 0.15) is 22.3 Å². The van der Waals surface area contributed by atoms with Crippen molar-refractivity contribution < 1.29 is 18.3 Å².